The Kier molecular flexibility index (Phi) is 4.70. The van der Waals surface area contributed by atoms with Crippen LogP contribution in [0.1, 0.15) is 39.2 Å². The van der Waals surface area contributed by atoms with Crippen LogP contribution in [0.5, 0.6) is 0 Å². The van der Waals surface area contributed by atoms with E-state index in [1.807, 2.05) is 31.2 Å². The first-order chi connectivity index (χ1) is 7.99. The van der Waals surface area contributed by atoms with Gasteiger partial charge in [0.25, 0.3) is 0 Å². The molecule has 17 heavy (non-hydrogen) atoms. The van der Waals surface area contributed by atoms with E-state index >= 15 is 0 Å². The lowest BCUT2D eigenvalue weighted by atomic mass is 9.96. The van der Waals surface area contributed by atoms with Crippen molar-refractivity contribution < 1.29 is 4.79 Å². The molecule has 3 nitrogen and oxygen atoms in total. The molecule has 1 atom stereocenters. The number of rotatable bonds is 5. The Hall–Kier alpha value is -1.35. The molecule has 0 saturated carbocycles. The normalized spacial score (nSPS) is 14.1. The first-order valence-corrected chi connectivity index (χ1v) is 6.19. The Bertz CT molecular complexity index is 386. The summed E-state index contributed by atoms with van der Waals surface area (Å²) in [6.07, 6.45) is 2.54. The third-order valence-corrected chi connectivity index (χ3v) is 2.88. The van der Waals surface area contributed by atoms with Gasteiger partial charge in [0.05, 0.1) is 5.54 Å². The maximum atomic E-state index is 12.0. The van der Waals surface area contributed by atoms with Crippen molar-refractivity contribution in [1.82, 2.24) is 0 Å². The van der Waals surface area contributed by atoms with E-state index in [1.54, 1.807) is 6.92 Å². The fourth-order valence-electron chi connectivity index (χ4n) is 1.78. The van der Waals surface area contributed by atoms with E-state index < -0.39 is 5.54 Å². The van der Waals surface area contributed by atoms with Gasteiger partial charge >= 0.3 is 0 Å². The van der Waals surface area contributed by atoms with Gasteiger partial charge in [-0.25, -0.2) is 0 Å². The lowest BCUT2D eigenvalue weighted by molar-refractivity contribution is -0.120. The number of anilines is 1. The summed E-state index contributed by atoms with van der Waals surface area (Å²) >= 11 is 0. The maximum Gasteiger partial charge on any atom is 0.244 e. The molecule has 0 heterocycles. The average molecular weight is 234 g/mol. The van der Waals surface area contributed by atoms with Crippen molar-refractivity contribution in [2.24, 2.45) is 5.73 Å². The van der Waals surface area contributed by atoms with E-state index in [1.165, 1.54) is 5.56 Å². The van der Waals surface area contributed by atoms with Crippen LogP contribution in [0.3, 0.4) is 0 Å². The molecule has 1 unspecified atom stereocenters. The van der Waals surface area contributed by atoms with Crippen molar-refractivity contribution in [3.63, 3.8) is 0 Å². The highest BCUT2D eigenvalue weighted by Crippen LogP contribution is 2.15. The van der Waals surface area contributed by atoms with Crippen LogP contribution in [0.25, 0.3) is 0 Å². The molecule has 1 aromatic rings. The number of hydrogen-bond acceptors (Lipinski definition) is 2. The number of aryl methyl sites for hydroxylation is 1. The average Bonchev–Trinajstić information content (AvgIpc) is 2.29. The molecule has 3 heteroatoms. The zero-order valence-electron chi connectivity index (χ0n) is 10.9. The van der Waals surface area contributed by atoms with Gasteiger partial charge in [0.1, 0.15) is 0 Å². The van der Waals surface area contributed by atoms with E-state index in [0.29, 0.717) is 6.42 Å². The molecule has 0 aromatic heterocycles. The highest BCUT2D eigenvalue weighted by atomic mass is 16.2. The number of nitrogens with one attached hydrogen (secondary N) is 1. The second-order valence-corrected chi connectivity index (χ2v) is 4.68. The van der Waals surface area contributed by atoms with Crippen LogP contribution in [0.15, 0.2) is 24.3 Å². The fraction of sp³-hybridized carbons (Fsp3) is 0.500. The molecule has 0 aliphatic rings. The van der Waals surface area contributed by atoms with Gasteiger partial charge in [0.2, 0.25) is 5.91 Å². The van der Waals surface area contributed by atoms with Crippen molar-refractivity contribution in [3.8, 4) is 0 Å². The van der Waals surface area contributed by atoms with Gasteiger partial charge in [-0.1, -0.05) is 32.4 Å². The second-order valence-electron chi connectivity index (χ2n) is 4.68. The minimum atomic E-state index is -0.795. The molecule has 1 rings (SSSR count). The molecule has 0 bridgehead atoms. The Labute approximate surface area is 103 Å². The Morgan fingerprint density at radius 3 is 2.71 bits per heavy atom. The van der Waals surface area contributed by atoms with Crippen LogP contribution in [-0.2, 0) is 11.2 Å². The van der Waals surface area contributed by atoms with Crippen LogP contribution >= 0.6 is 0 Å². The molecule has 0 aliphatic carbocycles. The highest BCUT2D eigenvalue weighted by molar-refractivity contribution is 5.97. The predicted octanol–water partition coefficient (Wildman–Crippen LogP) is 2.71. The number of amides is 1. The van der Waals surface area contributed by atoms with Gasteiger partial charge < -0.3 is 11.1 Å². The minimum absolute atomic E-state index is 0.118. The fourth-order valence-corrected chi connectivity index (χ4v) is 1.78. The second kappa shape index (κ2) is 5.82. The van der Waals surface area contributed by atoms with Crippen molar-refractivity contribution in [2.45, 2.75) is 45.6 Å². The van der Waals surface area contributed by atoms with Crippen molar-refractivity contribution in [2.75, 3.05) is 5.32 Å². The van der Waals surface area contributed by atoms with Crippen LogP contribution in [0.2, 0.25) is 0 Å². The van der Waals surface area contributed by atoms with Gasteiger partial charge in [-0.2, -0.15) is 0 Å². The topological polar surface area (TPSA) is 55.1 Å². The molecule has 94 valence electrons. The Morgan fingerprint density at radius 2 is 2.12 bits per heavy atom. The molecular formula is C14H22N2O. The number of benzene rings is 1. The molecule has 0 spiro atoms. The van der Waals surface area contributed by atoms with Crippen LogP contribution in [-0.4, -0.2) is 11.4 Å². The third-order valence-electron chi connectivity index (χ3n) is 2.88. The highest BCUT2D eigenvalue weighted by Gasteiger charge is 2.26. The molecule has 0 aliphatic heterocycles. The van der Waals surface area contributed by atoms with Crippen molar-refractivity contribution in [3.05, 3.63) is 29.8 Å². The Balaban J connectivity index is 2.73. The smallest absolute Gasteiger partial charge is 0.244 e. The van der Waals surface area contributed by atoms with Crippen molar-refractivity contribution >= 4 is 11.6 Å². The first kappa shape index (κ1) is 13.7. The molecule has 1 aromatic carbocycles. The molecule has 0 fully saturated rings. The van der Waals surface area contributed by atoms with Gasteiger partial charge in [0, 0.05) is 5.69 Å². The molecule has 1 amide bonds. The van der Waals surface area contributed by atoms with Gasteiger partial charge in [0.15, 0.2) is 0 Å². The number of hydrogen-bond donors (Lipinski definition) is 2. The predicted molar refractivity (Wildman–Crippen MR) is 72.0 cm³/mol. The van der Waals surface area contributed by atoms with E-state index in [0.717, 1.165) is 18.5 Å². The summed E-state index contributed by atoms with van der Waals surface area (Å²) in [5, 5.41) is 2.88. The SMILES string of the molecule is CCCC(C)(N)C(=O)Nc1cccc(CC)c1. The van der Waals surface area contributed by atoms with Crippen LogP contribution in [0, 0.1) is 0 Å². The van der Waals surface area contributed by atoms with E-state index in [9.17, 15) is 4.79 Å². The lowest BCUT2D eigenvalue weighted by Crippen LogP contribution is -2.48. The number of carbonyl (C=O) groups excluding carboxylic acids is 1. The monoisotopic (exact) mass is 234 g/mol. The van der Waals surface area contributed by atoms with E-state index in [4.69, 9.17) is 5.73 Å². The summed E-state index contributed by atoms with van der Waals surface area (Å²) in [5.74, 6) is -0.118. The van der Waals surface area contributed by atoms with Crippen molar-refractivity contribution in [1.29, 1.82) is 0 Å². The standard InChI is InChI=1S/C14H22N2O/c1-4-9-14(3,15)13(17)16-12-8-6-7-11(5-2)10-12/h6-8,10H,4-5,9,15H2,1-3H3,(H,16,17). The maximum absolute atomic E-state index is 12.0. The quantitative estimate of drug-likeness (QED) is 0.823. The van der Waals surface area contributed by atoms with Crippen LogP contribution in [0.4, 0.5) is 5.69 Å². The minimum Gasteiger partial charge on any atom is -0.324 e. The summed E-state index contributed by atoms with van der Waals surface area (Å²) in [6.45, 7) is 5.89. The van der Waals surface area contributed by atoms with Gasteiger partial charge in [-0.15, -0.1) is 0 Å². The summed E-state index contributed by atoms with van der Waals surface area (Å²) < 4.78 is 0. The summed E-state index contributed by atoms with van der Waals surface area (Å²) in [7, 11) is 0. The molecule has 0 saturated heterocycles. The van der Waals surface area contributed by atoms with E-state index in [-0.39, 0.29) is 5.91 Å². The molecule has 3 N–H and O–H groups in total. The van der Waals surface area contributed by atoms with Crippen LogP contribution < -0.4 is 11.1 Å². The zero-order valence-corrected chi connectivity index (χ0v) is 10.9. The first-order valence-electron chi connectivity index (χ1n) is 6.19. The zero-order chi connectivity index (χ0) is 12.9. The Morgan fingerprint density at radius 1 is 1.41 bits per heavy atom. The summed E-state index contributed by atoms with van der Waals surface area (Å²) in [6, 6.07) is 7.87. The largest absolute Gasteiger partial charge is 0.324 e. The summed E-state index contributed by atoms with van der Waals surface area (Å²) in [4.78, 5) is 12.0. The summed E-state index contributed by atoms with van der Waals surface area (Å²) in [5.41, 5.74) is 7.21. The van der Waals surface area contributed by atoms with E-state index in [2.05, 4.69) is 12.2 Å². The van der Waals surface area contributed by atoms with Gasteiger partial charge in [-0.3, -0.25) is 4.79 Å². The third kappa shape index (κ3) is 3.86. The molecule has 0 radical (unpaired) electrons. The molecular weight excluding hydrogens is 212 g/mol. The number of carbonyl (C=O) groups is 1. The lowest BCUT2D eigenvalue weighted by Gasteiger charge is -2.22. The number of nitrogens with two attached hydrogens (primary N) is 1. The van der Waals surface area contributed by atoms with Gasteiger partial charge in [-0.05, 0) is 37.5 Å².